The van der Waals surface area contributed by atoms with Crippen LogP contribution in [0, 0.1) is 0 Å². The minimum Gasteiger partial charge on any atom is -0.489 e. The van der Waals surface area contributed by atoms with Crippen molar-refractivity contribution in [3.8, 4) is 11.5 Å². The standard InChI is InChI=1S/C16H22ClNO2/c1-10(2)14-11(13-5-3-6-18-13)9-12(17)15-16(14)20-8-4-7-19-15/h9-10,13,18H,3-8H2,1-2H3. The predicted molar refractivity (Wildman–Crippen MR) is 81.1 cm³/mol. The molecule has 1 aromatic carbocycles. The van der Waals surface area contributed by atoms with Crippen LogP contribution in [0.5, 0.6) is 11.5 Å². The Labute approximate surface area is 125 Å². The lowest BCUT2D eigenvalue weighted by atomic mass is 9.90. The van der Waals surface area contributed by atoms with Crippen LogP contribution >= 0.6 is 11.6 Å². The highest BCUT2D eigenvalue weighted by molar-refractivity contribution is 6.32. The Kier molecular flexibility index (Phi) is 4.08. The van der Waals surface area contributed by atoms with E-state index in [1.54, 1.807) is 0 Å². The average molecular weight is 296 g/mol. The smallest absolute Gasteiger partial charge is 0.180 e. The lowest BCUT2D eigenvalue weighted by molar-refractivity contribution is 0.295. The van der Waals surface area contributed by atoms with Gasteiger partial charge in [0.25, 0.3) is 0 Å². The van der Waals surface area contributed by atoms with Gasteiger partial charge in [-0.2, -0.15) is 0 Å². The fourth-order valence-electron chi connectivity index (χ4n) is 3.16. The number of ether oxygens (including phenoxy) is 2. The van der Waals surface area contributed by atoms with E-state index < -0.39 is 0 Å². The first-order valence-corrected chi connectivity index (χ1v) is 7.91. The summed E-state index contributed by atoms with van der Waals surface area (Å²) >= 11 is 6.44. The monoisotopic (exact) mass is 295 g/mol. The quantitative estimate of drug-likeness (QED) is 0.893. The van der Waals surface area contributed by atoms with Gasteiger partial charge in [0.05, 0.1) is 18.2 Å². The molecule has 0 aliphatic carbocycles. The van der Waals surface area contributed by atoms with Crippen molar-refractivity contribution in [3.63, 3.8) is 0 Å². The normalized spacial score (nSPS) is 22.1. The van der Waals surface area contributed by atoms with Crippen molar-refractivity contribution in [2.24, 2.45) is 0 Å². The lowest BCUT2D eigenvalue weighted by Gasteiger charge is -2.23. The van der Waals surface area contributed by atoms with E-state index in [0.717, 1.165) is 30.9 Å². The van der Waals surface area contributed by atoms with Crippen LogP contribution in [0.1, 0.15) is 56.2 Å². The van der Waals surface area contributed by atoms with Crippen molar-refractivity contribution in [2.75, 3.05) is 19.8 Å². The number of halogens is 1. The van der Waals surface area contributed by atoms with Gasteiger partial charge >= 0.3 is 0 Å². The number of hydrogen-bond acceptors (Lipinski definition) is 3. The second-order valence-electron chi connectivity index (χ2n) is 5.87. The SMILES string of the molecule is CC(C)c1c(C2CCCN2)cc(Cl)c2c1OCCCO2. The molecule has 1 aromatic rings. The zero-order valence-electron chi connectivity index (χ0n) is 12.2. The number of benzene rings is 1. The molecule has 2 heterocycles. The highest BCUT2D eigenvalue weighted by atomic mass is 35.5. The third-order valence-electron chi connectivity index (χ3n) is 4.06. The van der Waals surface area contributed by atoms with Crippen molar-refractivity contribution in [1.29, 1.82) is 0 Å². The molecular weight excluding hydrogens is 274 g/mol. The minimum absolute atomic E-state index is 0.389. The number of hydrogen-bond donors (Lipinski definition) is 1. The average Bonchev–Trinajstić information content (AvgIpc) is 2.83. The van der Waals surface area contributed by atoms with Crippen LogP contribution < -0.4 is 14.8 Å². The number of fused-ring (bicyclic) bond motifs is 1. The molecule has 4 heteroatoms. The zero-order chi connectivity index (χ0) is 14.1. The van der Waals surface area contributed by atoms with Gasteiger partial charge in [-0.1, -0.05) is 25.4 Å². The van der Waals surface area contributed by atoms with E-state index in [1.165, 1.54) is 17.5 Å². The highest BCUT2D eigenvalue weighted by Gasteiger charge is 2.28. The van der Waals surface area contributed by atoms with Gasteiger partial charge in [-0.3, -0.25) is 0 Å². The van der Waals surface area contributed by atoms with E-state index in [-0.39, 0.29) is 0 Å². The molecule has 2 aliphatic rings. The van der Waals surface area contributed by atoms with Crippen LogP contribution in [-0.2, 0) is 0 Å². The maximum Gasteiger partial charge on any atom is 0.180 e. The molecule has 110 valence electrons. The first-order valence-electron chi connectivity index (χ1n) is 7.53. The van der Waals surface area contributed by atoms with Gasteiger partial charge in [-0.15, -0.1) is 0 Å². The Morgan fingerprint density at radius 3 is 2.60 bits per heavy atom. The van der Waals surface area contributed by atoms with E-state index in [0.29, 0.717) is 30.2 Å². The summed E-state index contributed by atoms with van der Waals surface area (Å²) in [5.41, 5.74) is 2.54. The molecule has 20 heavy (non-hydrogen) atoms. The summed E-state index contributed by atoms with van der Waals surface area (Å²) in [5, 5.41) is 4.24. The van der Waals surface area contributed by atoms with Crippen LogP contribution in [-0.4, -0.2) is 19.8 Å². The predicted octanol–water partition coefficient (Wildman–Crippen LogP) is 4.05. The molecule has 3 rings (SSSR count). The summed E-state index contributed by atoms with van der Waals surface area (Å²) in [4.78, 5) is 0. The highest BCUT2D eigenvalue weighted by Crippen LogP contribution is 2.47. The largest absolute Gasteiger partial charge is 0.489 e. The van der Waals surface area contributed by atoms with Crippen LogP contribution in [0.4, 0.5) is 0 Å². The molecule has 0 amide bonds. The van der Waals surface area contributed by atoms with Crippen molar-refractivity contribution in [1.82, 2.24) is 5.32 Å². The Morgan fingerprint density at radius 2 is 1.95 bits per heavy atom. The Bertz CT molecular complexity index is 496. The Morgan fingerprint density at radius 1 is 1.20 bits per heavy atom. The van der Waals surface area contributed by atoms with E-state index in [4.69, 9.17) is 21.1 Å². The number of rotatable bonds is 2. The third-order valence-corrected chi connectivity index (χ3v) is 4.34. The maximum absolute atomic E-state index is 6.44. The second kappa shape index (κ2) is 5.82. The summed E-state index contributed by atoms with van der Waals surface area (Å²) in [6.45, 7) is 6.86. The zero-order valence-corrected chi connectivity index (χ0v) is 12.9. The summed E-state index contributed by atoms with van der Waals surface area (Å²) in [6, 6.07) is 2.47. The molecule has 1 saturated heterocycles. The molecule has 0 saturated carbocycles. The van der Waals surface area contributed by atoms with Gasteiger partial charge < -0.3 is 14.8 Å². The van der Waals surface area contributed by atoms with E-state index in [2.05, 4.69) is 25.2 Å². The topological polar surface area (TPSA) is 30.5 Å². The number of nitrogens with one attached hydrogen (secondary N) is 1. The van der Waals surface area contributed by atoms with E-state index in [1.807, 2.05) is 0 Å². The molecule has 1 unspecified atom stereocenters. The van der Waals surface area contributed by atoms with E-state index >= 15 is 0 Å². The van der Waals surface area contributed by atoms with Gasteiger partial charge in [-0.25, -0.2) is 0 Å². The van der Waals surface area contributed by atoms with E-state index in [9.17, 15) is 0 Å². The molecule has 0 spiro atoms. The first-order chi connectivity index (χ1) is 9.68. The van der Waals surface area contributed by atoms with Crippen molar-refractivity contribution in [3.05, 3.63) is 22.2 Å². The summed E-state index contributed by atoms with van der Waals surface area (Å²) in [6.07, 6.45) is 3.28. The summed E-state index contributed by atoms with van der Waals surface area (Å²) in [5.74, 6) is 1.99. The molecule has 1 atom stereocenters. The van der Waals surface area contributed by atoms with Gasteiger partial charge in [0, 0.05) is 18.0 Å². The Hall–Kier alpha value is -0.930. The second-order valence-corrected chi connectivity index (χ2v) is 6.28. The summed E-state index contributed by atoms with van der Waals surface area (Å²) < 4.78 is 11.8. The van der Waals surface area contributed by atoms with Crippen molar-refractivity contribution < 1.29 is 9.47 Å². The molecule has 3 nitrogen and oxygen atoms in total. The molecule has 0 radical (unpaired) electrons. The first kappa shape index (κ1) is 14.0. The van der Waals surface area contributed by atoms with Crippen molar-refractivity contribution in [2.45, 2.75) is 45.1 Å². The minimum atomic E-state index is 0.389. The molecule has 0 aromatic heterocycles. The molecular formula is C16H22ClNO2. The third kappa shape index (κ3) is 2.49. The van der Waals surface area contributed by atoms with Crippen LogP contribution in [0.3, 0.4) is 0 Å². The molecule has 0 bridgehead atoms. The molecule has 1 N–H and O–H groups in total. The molecule has 2 aliphatic heterocycles. The molecule has 1 fully saturated rings. The van der Waals surface area contributed by atoms with Gasteiger partial charge in [0.1, 0.15) is 0 Å². The van der Waals surface area contributed by atoms with Crippen LogP contribution in [0.15, 0.2) is 6.07 Å². The van der Waals surface area contributed by atoms with Crippen LogP contribution in [0.2, 0.25) is 5.02 Å². The fourth-order valence-corrected chi connectivity index (χ4v) is 3.42. The van der Waals surface area contributed by atoms with Crippen LogP contribution in [0.25, 0.3) is 0 Å². The maximum atomic E-state index is 6.44. The van der Waals surface area contributed by atoms with Gasteiger partial charge in [-0.05, 0) is 36.9 Å². The van der Waals surface area contributed by atoms with Crippen molar-refractivity contribution >= 4 is 11.6 Å². The lowest BCUT2D eigenvalue weighted by Crippen LogP contribution is -2.16. The fraction of sp³-hybridized carbons (Fsp3) is 0.625. The Balaban J connectivity index is 2.14. The summed E-state index contributed by atoms with van der Waals surface area (Å²) in [7, 11) is 0. The van der Waals surface area contributed by atoms with Gasteiger partial charge in [0.15, 0.2) is 11.5 Å². The van der Waals surface area contributed by atoms with Gasteiger partial charge in [0.2, 0.25) is 0 Å².